The molecule has 3 aliphatic rings. The molecule has 0 spiro atoms. The van der Waals surface area contributed by atoms with E-state index in [1.165, 1.54) is 23.3 Å². The minimum absolute atomic E-state index is 0.0890. The fourth-order valence-corrected chi connectivity index (χ4v) is 7.07. The van der Waals surface area contributed by atoms with Crippen LogP contribution in [0.2, 0.25) is 5.02 Å². The monoisotopic (exact) mass is 639 g/mol. The van der Waals surface area contributed by atoms with Gasteiger partial charge in [-0.05, 0) is 44.7 Å². The number of rotatable bonds is 5. The normalized spacial score (nSPS) is 26.4. The number of methoxy groups -OCH3 is 1. The lowest BCUT2D eigenvalue weighted by atomic mass is 10.1. The van der Waals surface area contributed by atoms with Gasteiger partial charge in [-0.2, -0.15) is 0 Å². The molecule has 1 aliphatic carbocycles. The Morgan fingerprint density at radius 2 is 2.05 bits per heavy atom. The Labute approximate surface area is 263 Å². The van der Waals surface area contributed by atoms with Gasteiger partial charge in [0, 0.05) is 48.5 Å². The van der Waals surface area contributed by atoms with Crippen LogP contribution in [-0.2, 0) is 9.59 Å². The minimum Gasteiger partial charge on any atom is -0.495 e. The van der Waals surface area contributed by atoms with E-state index in [1.54, 1.807) is 24.1 Å². The Balaban J connectivity index is 1.34. The van der Waals surface area contributed by atoms with Crippen LogP contribution in [-0.4, -0.2) is 87.7 Å². The van der Waals surface area contributed by atoms with Gasteiger partial charge in [0.1, 0.15) is 44.9 Å². The summed E-state index contributed by atoms with van der Waals surface area (Å²) in [5.74, 6) is -0.639. The van der Waals surface area contributed by atoms with E-state index in [0.29, 0.717) is 51.1 Å². The van der Waals surface area contributed by atoms with Gasteiger partial charge in [-0.15, -0.1) is 11.3 Å². The zero-order chi connectivity index (χ0) is 31.2. The SMILES string of the molecule is COc1ccc2c(O[C@H]3C[C@H]4C(=O)N(C)CCCC/C=C\[C@@H]5C[C@@]5(C(=O)O)NC(=O)N4C3)cc(-c3nc(C)cs3)nc2c1Cl. The van der Waals surface area contributed by atoms with Crippen molar-refractivity contribution in [3.63, 3.8) is 0 Å². The van der Waals surface area contributed by atoms with E-state index in [-0.39, 0.29) is 24.8 Å². The molecule has 44 heavy (non-hydrogen) atoms. The number of pyridine rings is 1. The average Bonchev–Trinajstić information content (AvgIpc) is 3.29. The van der Waals surface area contributed by atoms with Gasteiger partial charge in [0.15, 0.2) is 0 Å². The molecule has 1 saturated carbocycles. The van der Waals surface area contributed by atoms with Gasteiger partial charge >= 0.3 is 12.0 Å². The number of nitrogens with one attached hydrogen (secondary N) is 1. The first-order valence-corrected chi connectivity index (χ1v) is 15.9. The third-order valence-electron chi connectivity index (χ3n) is 8.59. The van der Waals surface area contributed by atoms with Gasteiger partial charge in [0.05, 0.1) is 19.2 Å². The number of nitrogens with zero attached hydrogens (tertiary/aromatic N) is 4. The number of benzene rings is 1. The second kappa shape index (κ2) is 11.9. The molecule has 13 heteroatoms. The highest BCUT2D eigenvalue weighted by Gasteiger charge is 2.61. The molecular formula is C31H34ClN5O6S. The Kier molecular flexibility index (Phi) is 8.14. The van der Waals surface area contributed by atoms with E-state index in [0.717, 1.165) is 25.0 Å². The first kappa shape index (κ1) is 30.1. The molecular weight excluding hydrogens is 606 g/mol. The lowest BCUT2D eigenvalue weighted by molar-refractivity contribution is -0.140. The van der Waals surface area contributed by atoms with Crippen molar-refractivity contribution in [2.45, 2.75) is 56.7 Å². The van der Waals surface area contributed by atoms with Crippen LogP contribution in [0.1, 0.15) is 37.8 Å². The zero-order valence-corrected chi connectivity index (χ0v) is 26.3. The fraction of sp³-hybridized carbons (Fsp3) is 0.452. The second-order valence-electron chi connectivity index (χ2n) is 11.6. The molecule has 0 unspecified atom stereocenters. The number of thiazole rings is 1. The number of carbonyl (C=O) groups excluding carboxylic acids is 2. The molecule has 2 N–H and O–H groups in total. The second-order valence-corrected chi connectivity index (χ2v) is 12.9. The summed E-state index contributed by atoms with van der Waals surface area (Å²) in [6.07, 6.45) is 6.29. The van der Waals surface area contributed by atoms with Crippen molar-refractivity contribution < 1.29 is 29.0 Å². The first-order valence-electron chi connectivity index (χ1n) is 14.6. The number of hydrogen-bond donors (Lipinski definition) is 2. The van der Waals surface area contributed by atoms with Crippen molar-refractivity contribution in [3.8, 4) is 22.2 Å². The maximum absolute atomic E-state index is 13.7. The molecule has 4 heterocycles. The number of carboxylic acid groups (broad SMARTS) is 1. The van der Waals surface area contributed by atoms with Crippen LogP contribution in [0.25, 0.3) is 21.6 Å². The quantitative estimate of drug-likeness (QED) is 0.377. The summed E-state index contributed by atoms with van der Waals surface area (Å²) < 4.78 is 12.0. The maximum atomic E-state index is 13.7. The zero-order valence-electron chi connectivity index (χ0n) is 24.7. The summed E-state index contributed by atoms with van der Waals surface area (Å²) in [7, 11) is 3.27. The molecule has 1 aromatic carbocycles. The highest BCUT2D eigenvalue weighted by molar-refractivity contribution is 7.13. The molecule has 2 aliphatic heterocycles. The number of carboxylic acids is 1. The number of aliphatic carboxylic acids is 1. The number of hydrogen-bond acceptors (Lipinski definition) is 8. The highest BCUT2D eigenvalue weighted by Crippen LogP contribution is 2.46. The van der Waals surface area contributed by atoms with Crippen LogP contribution < -0.4 is 14.8 Å². The van der Waals surface area contributed by atoms with Gasteiger partial charge < -0.3 is 29.7 Å². The number of urea groups is 1. The smallest absolute Gasteiger partial charge is 0.330 e. The van der Waals surface area contributed by atoms with Crippen molar-refractivity contribution in [1.82, 2.24) is 25.1 Å². The van der Waals surface area contributed by atoms with E-state index < -0.39 is 29.7 Å². The van der Waals surface area contributed by atoms with Gasteiger partial charge in [0.2, 0.25) is 5.91 Å². The molecule has 2 aromatic heterocycles. The molecule has 0 bridgehead atoms. The molecule has 0 radical (unpaired) electrons. The summed E-state index contributed by atoms with van der Waals surface area (Å²) >= 11 is 8.15. The molecule has 3 aromatic rings. The number of aromatic nitrogens is 2. The van der Waals surface area contributed by atoms with Crippen LogP contribution in [0.3, 0.4) is 0 Å². The molecule has 1 saturated heterocycles. The first-order chi connectivity index (χ1) is 21.1. The summed E-state index contributed by atoms with van der Waals surface area (Å²) in [6, 6.07) is 3.94. The topological polar surface area (TPSA) is 134 Å². The van der Waals surface area contributed by atoms with Crippen LogP contribution >= 0.6 is 22.9 Å². The molecule has 4 atom stereocenters. The lowest BCUT2D eigenvalue weighted by Gasteiger charge is -2.29. The number of ether oxygens (including phenoxy) is 2. The Hall–Kier alpha value is -3.90. The van der Waals surface area contributed by atoms with Crippen LogP contribution in [0.5, 0.6) is 11.5 Å². The molecule has 11 nitrogen and oxygen atoms in total. The number of amides is 3. The molecule has 3 amide bonds. The van der Waals surface area contributed by atoms with Crippen molar-refractivity contribution in [1.29, 1.82) is 0 Å². The number of allylic oxidation sites excluding steroid dienone is 1. The van der Waals surface area contributed by atoms with Crippen molar-refractivity contribution in [3.05, 3.63) is 46.4 Å². The molecule has 6 rings (SSSR count). The van der Waals surface area contributed by atoms with Crippen LogP contribution in [0, 0.1) is 12.8 Å². The fourth-order valence-electron chi connectivity index (χ4n) is 6.03. The van der Waals surface area contributed by atoms with Gasteiger partial charge in [-0.1, -0.05) is 23.8 Å². The standard InChI is InChI=1S/C31H34ClN5O6S/c1-17-16-44-27(33-17)21-13-24(20-9-10-23(42-3)25(32)26(20)34-21)43-19-12-22-28(38)36(2)11-7-5-4-6-8-18-14-31(18,29(39)40)35-30(41)37(22)15-19/h6,8-10,13,16,18-19,22H,4-5,7,11-12,14-15H2,1-3H3,(H,35,41)(H,39,40)/b8-6-/t18-,19+,22+,31-/m1/s1. The van der Waals surface area contributed by atoms with E-state index in [9.17, 15) is 19.5 Å². The number of carbonyl (C=O) groups is 3. The predicted octanol–water partition coefficient (Wildman–Crippen LogP) is 4.90. The van der Waals surface area contributed by atoms with E-state index in [1.807, 2.05) is 30.5 Å². The van der Waals surface area contributed by atoms with Crippen molar-refractivity contribution >= 4 is 51.7 Å². The van der Waals surface area contributed by atoms with Crippen molar-refractivity contribution in [2.75, 3.05) is 27.2 Å². The van der Waals surface area contributed by atoms with Gasteiger partial charge in [-0.25, -0.2) is 19.6 Å². The van der Waals surface area contributed by atoms with Crippen molar-refractivity contribution in [2.24, 2.45) is 5.92 Å². The summed E-state index contributed by atoms with van der Waals surface area (Å²) in [6.45, 7) is 2.55. The summed E-state index contributed by atoms with van der Waals surface area (Å²) in [5.41, 5.74) is 0.529. The summed E-state index contributed by atoms with van der Waals surface area (Å²) in [5, 5.41) is 16.4. The lowest BCUT2D eigenvalue weighted by Crippen LogP contribution is -2.55. The van der Waals surface area contributed by atoms with Crippen LogP contribution in [0.15, 0.2) is 35.7 Å². The third kappa shape index (κ3) is 5.56. The van der Waals surface area contributed by atoms with E-state index in [2.05, 4.69) is 10.3 Å². The summed E-state index contributed by atoms with van der Waals surface area (Å²) in [4.78, 5) is 52.1. The average molecular weight is 640 g/mol. The number of fused-ring (bicyclic) bond motifs is 3. The largest absolute Gasteiger partial charge is 0.495 e. The highest BCUT2D eigenvalue weighted by atomic mass is 35.5. The maximum Gasteiger partial charge on any atom is 0.330 e. The molecule has 2 fully saturated rings. The van der Waals surface area contributed by atoms with E-state index in [4.69, 9.17) is 26.1 Å². The van der Waals surface area contributed by atoms with Crippen LogP contribution in [0.4, 0.5) is 4.79 Å². The number of halogens is 1. The van der Waals surface area contributed by atoms with E-state index >= 15 is 0 Å². The molecule has 232 valence electrons. The Bertz CT molecular complexity index is 1660. The number of likely N-dealkylation sites (N-methyl/N-ethyl adjacent to an activating group) is 1. The third-order valence-corrected chi connectivity index (χ3v) is 9.94. The Morgan fingerprint density at radius 3 is 2.77 bits per heavy atom. The number of aryl methyl sites for hydroxylation is 1. The predicted molar refractivity (Wildman–Crippen MR) is 166 cm³/mol. The minimum atomic E-state index is -1.38. The Morgan fingerprint density at radius 1 is 1.23 bits per heavy atom. The van der Waals surface area contributed by atoms with Gasteiger partial charge in [0.25, 0.3) is 0 Å². The van der Waals surface area contributed by atoms with Gasteiger partial charge in [-0.3, -0.25) is 4.79 Å².